The first-order chi connectivity index (χ1) is 6.79. The Bertz CT molecular complexity index is 526. The molecule has 1 aliphatic rings. The Morgan fingerprint density at radius 1 is 1.29 bits per heavy atom. The minimum atomic E-state index is 0.384. The normalized spacial score (nSPS) is 12.9. The van der Waals surface area contributed by atoms with Crippen molar-refractivity contribution in [2.45, 2.75) is 19.8 Å². The van der Waals surface area contributed by atoms with Gasteiger partial charge in [-0.2, -0.15) is 0 Å². The minimum absolute atomic E-state index is 0.384. The molecule has 1 N–H and O–H groups in total. The van der Waals surface area contributed by atoms with Crippen LogP contribution in [0.5, 0.6) is 5.75 Å². The molecule has 0 amide bonds. The summed E-state index contributed by atoms with van der Waals surface area (Å²) in [5, 5.41) is 12.1. The molecule has 1 nitrogen and oxygen atoms in total. The number of fused-ring (bicyclic) bond motifs is 3. The molecule has 2 aromatic rings. The van der Waals surface area contributed by atoms with Crippen LogP contribution in [0, 0.1) is 0 Å². The maximum atomic E-state index is 9.55. The first-order valence-corrected chi connectivity index (χ1v) is 5.06. The van der Waals surface area contributed by atoms with Gasteiger partial charge in [-0.05, 0) is 52.4 Å². The van der Waals surface area contributed by atoms with Crippen molar-refractivity contribution in [2.24, 2.45) is 0 Å². The first-order valence-electron chi connectivity index (χ1n) is 5.06. The lowest BCUT2D eigenvalue weighted by molar-refractivity contribution is 0.475. The summed E-state index contributed by atoms with van der Waals surface area (Å²) in [5.74, 6) is 0.384. The highest BCUT2D eigenvalue weighted by Crippen LogP contribution is 2.38. The Kier molecular flexibility index (Phi) is 1.41. The molecule has 0 aliphatic heterocycles. The molecular weight excluding hydrogens is 172 g/mol. The summed E-state index contributed by atoms with van der Waals surface area (Å²) in [6.07, 6.45) is 2.13. The molecule has 0 radical (unpaired) electrons. The molecule has 0 bridgehead atoms. The van der Waals surface area contributed by atoms with E-state index in [1.807, 2.05) is 12.1 Å². The van der Waals surface area contributed by atoms with Crippen molar-refractivity contribution in [3.05, 3.63) is 41.0 Å². The highest BCUT2D eigenvalue weighted by atomic mass is 16.3. The molecule has 0 atom stereocenters. The lowest BCUT2D eigenvalue weighted by Crippen LogP contribution is -1.83. The Morgan fingerprint density at radius 3 is 2.93 bits per heavy atom. The summed E-state index contributed by atoms with van der Waals surface area (Å²) >= 11 is 0. The second-order valence-electron chi connectivity index (χ2n) is 3.94. The quantitative estimate of drug-likeness (QED) is 0.616. The molecule has 70 valence electrons. The molecule has 0 aromatic heterocycles. The van der Waals surface area contributed by atoms with Crippen LogP contribution in [0.25, 0.3) is 10.8 Å². The number of benzene rings is 2. The van der Waals surface area contributed by atoms with Crippen LogP contribution in [0.15, 0.2) is 24.3 Å². The molecule has 0 spiro atoms. The third kappa shape index (κ3) is 0.955. The van der Waals surface area contributed by atoms with Gasteiger partial charge in [0.05, 0.1) is 0 Å². The fourth-order valence-corrected chi connectivity index (χ4v) is 2.23. The van der Waals surface area contributed by atoms with Gasteiger partial charge < -0.3 is 5.11 Å². The second-order valence-corrected chi connectivity index (χ2v) is 3.94. The number of aryl methyl sites for hydroxylation is 1. The molecular formula is C13H12O. The third-order valence-electron chi connectivity index (χ3n) is 3.01. The van der Waals surface area contributed by atoms with Crippen molar-refractivity contribution in [3.63, 3.8) is 0 Å². The Labute approximate surface area is 83.0 Å². The minimum Gasteiger partial charge on any atom is -0.508 e. The molecule has 14 heavy (non-hydrogen) atoms. The van der Waals surface area contributed by atoms with E-state index in [0.717, 1.165) is 12.8 Å². The van der Waals surface area contributed by atoms with Crippen molar-refractivity contribution in [1.29, 1.82) is 0 Å². The highest BCUT2D eigenvalue weighted by Gasteiger charge is 2.21. The lowest BCUT2D eigenvalue weighted by Gasteiger charge is -2.04. The van der Waals surface area contributed by atoms with Gasteiger partial charge in [0.2, 0.25) is 0 Å². The van der Waals surface area contributed by atoms with Crippen molar-refractivity contribution >= 4 is 10.8 Å². The summed E-state index contributed by atoms with van der Waals surface area (Å²) in [5.41, 5.74) is 4.23. The molecule has 0 saturated carbocycles. The van der Waals surface area contributed by atoms with E-state index in [1.165, 1.54) is 27.5 Å². The number of phenols is 1. The van der Waals surface area contributed by atoms with E-state index in [-0.39, 0.29) is 0 Å². The van der Waals surface area contributed by atoms with Crippen LogP contribution >= 0.6 is 0 Å². The topological polar surface area (TPSA) is 20.2 Å². The smallest absolute Gasteiger partial charge is 0.116 e. The zero-order chi connectivity index (χ0) is 9.71. The van der Waals surface area contributed by atoms with Crippen LogP contribution in [0.3, 0.4) is 0 Å². The highest BCUT2D eigenvalue weighted by molar-refractivity contribution is 5.94. The Balaban J connectivity index is 2.45. The predicted octanol–water partition coefficient (Wildman–Crippen LogP) is 3.01. The van der Waals surface area contributed by atoms with Crippen LogP contribution in [0.1, 0.15) is 23.6 Å². The molecule has 0 heterocycles. The van der Waals surface area contributed by atoms with Gasteiger partial charge in [0.15, 0.2) is 0 Å². The van der Waals surface area contributed by atoms with E-state index in [9.17, 15) is 5.11 Å². The van der Waals surface area contributed by atoms with Crippen LogP contribution in [-0.4, -0.2) is 5.11 Å². The van der Waals surface area contributed by atoms with E-state index in [1.54, 1.807) is 0 Å². The Morgan fingerprint density at radius 2 is 2.14 bits per heavy atom. The summed E-state index contributed by atoms with van der Waals surface area (Å²) in [6.45, 7) is 2.13. The number of aromatic hydroxyl groups is 1. The van der Waals surface area contributed by atoms with Crippen LogP contribution < -0.4 is 0 Å². The zero-order valence-electron chi connectivity index (χ0n) is 8.17. The molecule has 1 heteroatoms. The predicted molar refractivity (Wildman–Crippen MR) is 57.8 cm³/mol. The number of hydrogen-bond acceptors (Lipinski definition) is 1. The summed E-state index contributed by atoms with van der Waals surface area (Å²) in [4.78, 5) is 0. The van der Waals surface area contributed by atoms with Gasteiger partial charge in [-0.25, -0.2) is 0 Å². The zero-order valence-corrected chi connectivity index (χ0v) is 8.17. The largest absolute Gasteiger partial charge is 0.508 e. The number of rotatable bonds is 1. The van der Waals surface area contributed by atoms with Crippen molar-refractivity contribution < 1.29 is 5.11 Å². The lowest BCUT2D eigenvalue weighted by atomic mass is 10.0. The molecule has 2 aromatic carbocycles. The summed E-state index contributed by atoms with van der Waals surface area (Å²) in [6, 6.07) is 8.02. The van der Waals surface area contributed by atoms with E-state index in [0.29, 0.717) is 5.75 Å². The average molecular weight is 184 g/mol. The molecule has 0 unspecified atom stereocenters. The maximum absolute atomic E-state index is 9.55. The third-order valence-corrected chi connectivity index (χ3v) is 3.01. The van der Waals surface area contributed by atoms with Crippen LogP contribution in [0.4, 0.5) is 0 Å². The van der Waals surface area contributed by atoms with Crippen LogP contribution in [-0.2, 0) is 12.8 Å². The Hall–Kier alpha value is -1.50. The SMILES string of the molecule is CCc1cc(O)cc2ccc3c(c12)C3. The van der Waals surface area contributed by atoms with Crippen molar-refractivity contribution in [3.8, 4) is 5.75 Å². The van der Waals surface area contributed by atoms with Crippen molar-refractivity contribution in [1.82, 2.24) is 0 Å². The van der Waals surface area contributed by atoms with Gasteiger partial charge in [-0.15, -0.1) is 0 Å². The van der Waals surface area contributed by atoms with Gasteiger partial charge in [-0.3, -0.25) is 0 Å². The molecule has 1 aliphatic carbocycles. The second kappa shape index (κ2) is 2.50. The van der Waals surface area contributed by atoms with Crippen molar-refractivity contribution in [2.75, 3.05) is 0 Å². The van der Waals surface area contributed by atoms with E-state index < -0.39 is 0 Å². The average Bonchev–Trinajstić information content (AvgIpc) is 2.94. The van der Waals surface area contributed by atoms with E-state index in [4.69, 9.17) is 0 Å². The fourth-order valence-electron chi connectivity index (χ4n) is 2.23. The number of hydrogen-bond donors (Lipinski definition) is 1. The van der Waals surface area contributed by atoms with E-state index >= 15 is 0 Å². The van der Waals surface area contributed by atoms with Gasteiger partial charge in [-0.1, -0.05) is 19.1 Å². The van der Waals surface area contributed by atoms with Gasteiger partial charge in [0.25, 0.3) is 0 Å². The van der Waals surface area contributed by atoms with Gasteiger partial charge in [0.1, 0.15) is 5.75 Å². The molecule has 0 saturated heterocycles. The summed E-state index contributed by atoms with van der Waals surface area (Å²) < 4.78 is 0. The first kappa shape index (κ1) is 7.86. The fraction of sp³-hybridized carbons (Fsp3) is 0.231. The number of phenolic OH excluding ortho intramolecular Hbond substituents is 1. The monoisotopic (exact) mass is 184 g/mol. The van der Waals surface area contributed by atoms with E-state index in [2.05, 4.69) is 19.1 Å². The molecule has 3 rings (SSSR count). The maximum Gasteiger partial charge on any atom is 0.116 e. The van der Waals surface area contributed by atoms with Gasteiger partial charge >= 0.3 is 0 Å². The van der Waals surface area contributed by atoms with Gasteiger partial charge in [0, 0.05) is 0 Å². The molecule has 0 fully saturated rings. The standard InChI is InChI=1S/C13H12O/c1-2-8-5-11(14)6-10-4-3-9-7-12(9)13(8)10/h3-6,14H,2,7H2,1H3. The van der Waals surface area contributed by atoms with Crippen LogP contribution in [0.2, 0.25) is 0 Å². The summed E-state index contributed by atoms with van der Waals surface area (Å²) in [7, 11) is 0.